The van der Waals surface area contributed by atoms with E-state index in [1.807, 2.05) is 18.2 Å². The van der Waals surface area contributed by atoms with E-state index in [1.54, 1.807) is 6.07 Å². The molecule has 0 radical (unpaired) electrons. The van der Waals surface area contributed by atoms with Crippen molar-refractivity contribution in [3.63, 3.8) is 0 Å². The highest BCUT2D eigenvalue weighted by atomic mass is 32.2. The topological polar surface area (TPSA) is 46.2 Å². The van der Waals surface area contributed by atoms with Gasteiger partial charge in [-0.15, -0.1) is 0 Å². The summed E-state index contributed by atoms with van der Waals surface area (Å²) in [6.07, 6.45) is 5.36. The molecule has 0 unspecified atom stereocenters. The minimum absolute atomic E-state index is 0.572. The molecule has 3 aromatic carbocycles. The number of benzene rings is 3. The van der Waals surface area contributed by atoms with Crippen LogP contribution in [0.15, 0.2) is 66.7 Å². The number of rotatable bonds is 3. The predicted octanol–water partition coefficient (Wildman–Crippen LogP) is 5.05. The lowest BCUT2D eigenvalue weighted by molar-refractivity contribution is 0.607. The summed E-state index contributed by atoms with van der Waals surface area (Å²) < 4.78 is 25.7. The van der Waals surface area contributed by atoms with E-state index in [0.29, 0.717) is 5.69 Å². The van der Waals surface area contributed by atoms with Crippen LogP contribution in [0.4, 0.5) is 5.69 Å². The molecule has 28 heavy (non-hydrogen) atoms. The van der Waals surface area contributed by atoms with Crippen LogP contribution in [-0.2, 0) is 22.9 Å². The van der Waals surface area contributed by atoms with E-state index >= 15 is 0 Å². The molecular formula is C24H23NO2S. The van der Waals surface area contributed by atoms with Gasteiger partial charge in [-0.05, 0) is 76.9 Å². The van der Waals surface area contributed by atoms with Crippen molar-refractivity contribution in [1.29, 1.82) is 0 Å². The number of sulfonamides is 1. The lowest BCUT2D eigenvalue weighted by atomic mass is 9.91. The molecule has 4 rings (SSSR count). The molecule has 0 saturated heterocycles. The highest BCUT2D eigenvalue weighted by Crippen LogP contribution is 2.36. The molecule has 1 N–H and O–H groups in total. The van der Waals surface area contributed by atoms with Gasteiger partial charge in [-0.25, -0.2) is 8.42 Å². The van der Waals surface area contributed by atoms with Gasteiger partial charge in [-0.3, -0.25) is 4.72 Å². The first kappa shape index (κ1) is 18.5. The van der Waals surface area contributed by atoms with Gasteiger partial charge in [-0.2, -0.15) is 0 Å². The monoisotopic (exact) mass is 389 g/mol. The first-order valence-corrected chi connectivity index (χ1v) is 11.3. The Bertz CT molecular complexity index is 1180. The number of nitrogens with one attached hydrogen (secondary N) is 1. The van der Waals surface area contributed by atoms with Crippen molar-refractivity contribution < 1.29 is 8.42 Å². The Kier molecular flexibility index (Phi) is 4.82. The quantitative estimate of drug-likeness (QED) is 0.681. The summed E-state index contributed by atoms with van der Waals surface area (Å²) >= 11 is 0. The van der Waals surface area contributed by atoms with Crippen LogP contribution in [0.2, 0.25) is 0 Å². The molecule has 0 fully saturated rings. The normalized spacial score (nSPS) is 14.9. The minimum Gasteiger partial charge on any atom is -0.284 e. The van der Waals surface area contributed by atoms with Crippen molar-refractivity contribution in [3.8, 4) is 0 Å². The molecule has 0 aromatic heterocycles. The molecule has 0 aliphatic heterocycles. The van der Waals surface area contributed by atoms with E-state index in [0.717, 1.165) is 18.4 Å². The van der Waals surface area contributed by atoms with Gasteiger partial charge >= 0.3 is 0 Å². The van der Waals surface area contributed by atoms with Crippen LogP contribution in [0.1, 0.15) is 33.4 Å². The maximum Gasteiger partial charge on any atom is 0.229 e. The van der Waals surface area contributed by atoms with Crippen LogP contribution in [0, 0.1) is 6.92 Å². The summed E-state index contributed by atoms with van der Waals surface area (Å²) in [5, 5.41) is 0. The molecule has 0 saturated carbocycles. The van der Waals surface area contributed by atoms with E-state index in [-0.39, 0.29) is 0 Å². The minimum atomic E-state index is -3.31. The second-order valence-corrected chi connectivity index (χ2v) is 9.06. The maximum absolute atomic E-state index is 11.6. The molecule has 1 aliphatic rings. The largest absolute Gasteiger partial charge is 0.284 e. The number of aryl methyl sites for hydroxylation is 2. The number of hydrogen-bond acceptors (Lipinski definition) is 2. The zero-order valence-corrected chi connectivity index (χ0v) is 16.9. The lowest BCUT2D eigenvalue weighted by Gasteiger charge is -2.14. The number of fused-ring (bicyclic) bond motifs is 2. The summed E-state index contributed by atoms with van der Waals surface area (Å²) in [6.45, 7) is 2.17. The Labute approximate surface area is 166 Å². The van der Waals surface area contributed by atoms with Gasteiger partial charge in [0.2, 0.25) is 10.0 Å². The van der Waals surface area contributed by atoms with Crippen LogP contribution in [-0.4, -0.2) is 14.7 Å². The molecule has 0 heterocycles. The van der Waals surface area contributed by atoms with Crippen molar-refractivity contribution in [1.82, 2.24) is 0 Å². The van der Waals surface area contributed by atoms with Crippen LogP contribution >= 0.6 is 0 Å². The summed E-state index contributed by atoms with van der Waals surface area (Å²) in [5.74, 6) is 0. The molecule has 0 spiro atoms. The summed E-state index contributed by atoms with van der Waals surface area (Å²) in [5.41, 5.74) is 9.26. The third-order valence-corrected chi connectivity index (χ3v) is 5.76. The first-order chi connectivity index (χ1) is 13.4. The van der Waals surface area contributed by atoms with Crippen molar-refractivity contribution in [2.75, 3.05) is 11.0 Å². The standard InChI is InChI=1S/C24H23NO2S/c1-17-7-5-12-23-21(17)14-13-19-9-3-4-11-22(19)24(23)16-18-8-6-10-20(15-18)25-28(2,26)27/h3-12,15-16,25H,13-14H2,1-2H3/b24-16+. The lowest BCUT2D eigenvalue weighted by Crippen LogP contribution is -2.09. The third-order valence-electron chi connectivity index (χ3n) is 5.15. The van der Waals surface area contributed by atoms with E-state index in [9.17, 15) is 8.42 Å². The average molecular weight is 390 g/mol. The second kappa shape index (κ2) is 7.28. The molecule has 3 nitrogen and oxygen atoms in total. The SMILES string of the molecule is Cc1cccc2c1CCc1ccccc1/C2=C\c1cccc(NS(C)(=O)=O)c1. The van der Waals surface area contributed by atoms with E-state index in [1.165, 1.54) is 39.6 Å². The average Bonchev–Trinajstić information content (AvgIpc) is 2.79. The fourth-order valence-corrected chi connectivity index (χ4v) is 4.48. The van der Waals surface area contributed by atoms with Crippen LogP contribution in [0.3, 0.4) is 0 Å². The molecular weight excluding hydrogens is 366 g/mol. The van der Waals surface area contributed by atoms with Crippen LogP contribution in [0.5, 0.6) is 0 Å². The van der Waals surface area contributed by atoms with Gasteiger partial charge in [0, 0.05) is 5.69 Å². The van der Waals surface area contributed by atoms with Gasteiger partial charge in [-0.1, -0.05) is 54.6 Å². The van der Waals surface area contributed by atoms with Crippen LogP contribution < -0.4 is 4.72 Å². The molecule has 142 valence electrons. The molecule has 0 amide bonds. The Hall–Kier alpha value is -2.85. The van der Waals surface area contributed by atoms with Gasteiger partial charge in [0.25, 0.3) is 0 Å². The highest BCUT2D eigenvalue weighted by Gasteiger charge is 2.19. The molecule has 1 aliphatic carbocycles. The van der Waals surface area contributed by atoms with E-state index in [4.69, 9.17) is 0 Å². The van der Waals surface area contributed by atoms with Gasteiger partial charge in [0.15, 0.2) is 0 Å². The predicted molar refractivity (Wildman–Crippen MR) is 117 cm³/mol. The van der Waals surface area contributed by atoms with E-state index < -0.39 is 10.0 Å². The highest BCUT2D eigenvalue weighted by molar-refractivity contribution is 7.92. The zero-order chi connectivity index (χ0) is 19.7. The van der Waals surface area contributed by atoms with Gasteiger partial charge in [0.05, 0.1) is 6.26 Å². The summed E-state index contributed by atoms with van der Waals surface area (Å²) in [4.78, 5) is 0. The first-order valence-electron chi connectivity index (χ1n) is 9.37. The van der Waals surface area contributed by atoms with Crippen molar-refractivity contribution >= 4 is 27.4 Å². The van der Waals surface area contributed by atoms with Crippen molar-refractivity contribution in [2.45, 2.75) is 19.8 Å². The molecule has 0 bridgehead atoms. The Balaban J connectivity index is 1.89. The van der Waals surface area contributed by atoms with Crippen molar-refractivity contribution in [3.05, 3.63) is 100 Å². The third kappa shape index (κ3) is 3.87. The summed E-state index contributed by atoms with van der Waals surface area (Å²) in [7, 11) is -3.31. The van der Waals surface area contributed by atoms with Crippen molar-refractivity contribution in [2.24, 2.45) is 0 Å². The molecule has 4 heteroatoms. The van der Waals surface area contributed by atoms with Gasteiger partial charge in [0.1, 0.15) is 0 Å². The van der Waals surface area contributed by atoms with Gasteiger partial charge < -0.3 is 0 Å². The molecule has 3 aromatic rings. The molecule has 0 atom stereocenters. The number of hydrogen-bond donors (Lipinski definition) is 1. The number of anilines is 1. The Morgan fingerprint density at radius 2 is 1.64 bits per heavy atom. The maximum atomic E-state index is 11.6. The summed E-state index contributed by atoms with van der Waals surface area (Å²) in [6, 6.07) is 22.5. The Morgan fingerprint density at radius 1 is 0.893 bits per heavy atom. The Morgan fingerprint density at radius 3 is 2.46 bits per heavy atom. The zero-order valence-electron chi connectivity index (χ0n) is 16.1. The van der Waals surface area contributed by atoms with E-state index in [2.05, 4.69) is 60.2 Å². The smallest absolute Gasteiger partial charge is 0.229 e. The fourth-order valence-electron chi connectivity index (χ4n) is 3.92. The second-order valence-electron chi connectivity index (χ2n) is 7.32. The fraction of sp³-hybridized carbons (Fsp3) is 0.167. The van der Waals surface area contributed by atoms with Crippen LogP contribution in [0.25, 0.3) is 11.6 Å².